The van der Waals surface area contributed by atoms with E-state index in [1.54, 1.807) is 12.1 Å². The summed E-state index contributed by atoms with van der Waals surface area (Å²) in [7, 11) is 0. The summed E-state index contributed by atoms with van der Waals surface area (Å²) in [4.78, 5) is 0. The maximum Gasteiger partial charge on any atom is 0.278 e. The Morgan fingerprint density at radius 3 is 2.80 bits per heavy atom. The van der Waals surface area contributed by atoms with Gasteiger partial charge in [0.25, 0.3) is 6.43 Å². The van der Waals surface area contributed by atoms with Gasteiger partial charge in [-0.15, -0.1) is 0 Å². The molecule has 2 rings (SSSR count). The molecule has 0 saturated carbocycles. The predicted octanol–water partition coefficient (Wildman–Crippen LogP) is 2.60. The smallest absolute Gasteiger partial charge is 0.278 e. The number of anilines is 1. The predicted molar refractivity (Wildman–Crippen MR) is 53.8 cm³/mol. The van der Waals surface area contributed by atoms with Crippen molar-refractivity contribution in [3.63, 3.8) is 0 Å². The molecule has 1 aromatic carbocycles. The molecule has 15 heavy (non-hydrogen) atoms. The third kappa shape index (κ3) is 1.85. The minimum atomic E-state index is -2.59. The van der Waals surface area contributed by atoms with E-state index in [0.29, 0.717) is 11.3 Å². The Labute approximate surface area is 86.2 Å². The molecular weight excluding hydrogens is 200 g/mol. The van der Waals surface area contributed by atoms with Gasteiger partial charge in [0.05, 0.1) is 5.70 Å². The van der Waals surface area contributed by atoms with Crippen molar-refractivity contribution in [1.82, 2.24) is 0 Å². The molecule has 2 nitrogen and oxygen atoms in total. The normalized spacial score (nSPS) is 19.5. The zero-order valence-corrected chi connectivity index (χ0v) is 8.17. The van der Waals surface area contributed by atoms with Gasteiger partial charge in [-0.3, -0.25) is 0 Å². The number of hydrogen-bond acceptors (Lipinski definition) is 2. The third-order valence-corrected chi connectivity index (χ3v) is 2.38. The minimum absolute atomic E-state index is 0.236. The van der Waals surface area contributed by atoms with E-state index in [2.05, 4.69) is 5.32 Å². The molecule has 1 aromatic rings. The van der Waals surface area contributed by atoms with E-state index < -0.39 is 12.5 Å². The lowest BCUT2D eigenvalue weighted by molar-refractivity contribution is 0.180. The first kappa shape index (κ1) is 10.1. The first-order valence-electron chi connectivity index (χ1n) is 4.63. The first-order chi connectivity index (χ1) is 7.08. The van der Waals surface area contributed by atoms with Crippen LogP contribution in [0, 0.1) is 6.92 Å². The van der Waals surface area contributed by atoms with Gasteiger partial charge in [0, 0.05) is 11.3 Å². The second kappa shape index (κ2) is 3.62. The summed E-state index contributed by atoms with van der Waals surface area (Å²) >= 11 is 0. The summed E-state index contributed by atoms with van der Waals surface area (Å²) in [6.07, 6.45) is -2.40. The van der Waals surface area contributed by atoms with Crippen molar-refractivity contribution < 1.29 is 13.9 Å². The molecule has 4 heteroatoms. The lowest BCUT2D eigenvalue weighted by atomic mass is 10.0. The number of allylic oxidation sites excluding steroid dienone is 1. The molecule has 0 saturated heterocycles. The van der Waals surface area contributed by atoms with Crippen LogP contribution < -0.4 is 5.32 Å². The molecule has 1 unspecified atom stereocenters. The molecule has 1 aliphatic heterocycles. The quantitative estimate of drug-likeness (QED) is 0.748. The van der Waals surface area contributed by atoms with Crippen LogP contribution >= 0.6 is 0 Å². The number of halogens is 2. The maximum atomic E-state index is 12.4. The molecule has 0 radical (unpaired) electrons. The number of aliphatic hydroxyl groups excluding tert-OH is 1. The number of aryl methyl sites for hydroxylation is 1. The summed E-state index contributed by atoms with van der Waals surface area (Å²) in [5.41, 5.74) is 1.91. The highest BCUT2D eigenvalue weighted by Crippen LogP contribution is 2.32. The van der Waals surface area contributed by atoms with Crippen LogP contribution in [0.1, 0.15) is 17.2 Å². The number of aliphatic hydroxyl groups is 1. The average molecular weight is 211 g/mol. The van der Waals surface area contributed by atoms with Gasteiger partial charge in [0.1, 0.15) is 6.10 Å². The van der Waals surface area contributed by atoms with Crippen LogP contribution in [0.4, 0.5) is 14.5 Å². The van der Waals surface area contributed by atoms with Gasteiger partial charge in [0.2, 0.25) is 0 Å². The monoisotopic (exact) mass is 211 g/mol. The van der Waals surface area contributed by atoms with Crippen molar-refractivity contribution in [2.24, 2.45) is 0 Å². The highest BCUT2D eigenvalue weighted by molar-refractivity contribution is 5.61. The second-order valence-electron chi connectivity index (χ2n) is 3.58. The first-order valence-corrected chi connectivity index (χ1v) is 4.63. The molecule has 1 atom stereocenters. The Bertz CT molecular complexity index is 415. The number of fused-ring (bicyclic) bond motifs is 1. The van der Waals surface area contributed by atoms with Crippen LogP contribution in [-0.2, 0) is 0 Å². The van der Waals surface area contributed by atoms with Gasteiger partial charge in [-0.2, -0.15) is 0 Å². The second-order valence-corrected chi connectivity index (χ2v) is 3.58. The van der Waals surface area contributed by atoms with E-state index in [0.717, 1.165) is 11.6 Å². The van der Waals surface area contributed by atoms with Crippen LogP contribution in [-0.4, -0.2) is 11.5 Å². The van der Waals surface area contributed by atoms with Gasteiger partial charge < -0.3 is 10.4 Å². The van der Waals surface area contributed by atoms with Crippen LogP contribution in [0.5, 0.6) is 0 Å². The fourth-order valence-electron chi connectivity index (χ4n) is 1.62. The van der Waals surface area contributed by atoms with Crippen molar-refractivity contribution in [3.8, 4) is 0 Å². The Kier molecular flexibility index (Phi) is 2.44. The van der Waals surface area contributed by atoms with Crippen molar-refractivity contribution in [1.29, 1.82) is 0 Å². The van der Waals surface area contributed by atoms with Crippen LogP contribution in [0.3, 0.4) is 0 Å². The SMILES string of the molecule is Cc1ccc2c(c1)NC(C(F)F)=CC2O. The number of nitrogens with one attached hydrogen (secondary N) is 1. The van der Waals surface area contributed by atoms with Gasteiger partial charge in [-0.05, 0) is 24.6 Å². The number of alkyl halides is 2. The van der Waals surface area contributed by atoms with Crippen LogP contribution in [0.2, 0.25) is 0 Å². The van der Waals surface area contributed by atoms with E-state index >= 15 is 0 Å². The van der Waals surface area contributed by atoms with Crippen molar-refractivity contribution >= 4 is 5.69 Å². The highest BCUT2D eigenvalue weighted by atomic mass is 19.3. The maximum absolute atomic E-state index is 12.4. The summed E-state index contributed by atoms with van der Waals surface area (Å²) in [5.74, 6) is 0. The summed E-state index contributed by atoms with van der Waals surface area (Å²) in [6, 6.07) is 5.32. The molecule has 0 aliphatic carbocycles. The van der Waals surface area contributed by atoms with E-state index in [9.17, 15) is 13.9 Å². The third-order valence-electron chi connectivity index (χ3n) is 2.38. The lowest BCUT2D eigenvalue weighted by Gasteiger charge is -2.23. The molecule has 80 valence electrons. The number of rotatable bonds is 1. The number of benzene rings is 1. The van der Waals surface area contributed by atoms with E-state index in [1.165, 1.54) is 0 Å². The molecule has 1 aliphatic rings. The van der Waals surface area contributed by atoms with Crippen LogP contribution in [0.25, 0.3) is 0 Å². The Morgan fingerprint density at radius 2 is 2.13 bits per heavy atom. The molecule has 0 amide bonds. The van der Waals surface area contributed by atoms with Crippen LogP contribution in [0.15, 0.2) is 30.0 Å². The topological polar surface area (TPSA) is 32.3 Å². The summed E-state index contributed by atoms with van der Waals surface area (Å²) < 4.78 is 24.9. The lowest BCUT2D eigenvalue weighted by Crippen LogP contribution is -2.17. The van der Waals surface area contributed by atoms with Crippen molar-refractivity contribution in [2.75, 3.05) is 5.32 Å². The zero-order valence-electron chi connectivity index (χ0n) is 8.17. The zero-order chi connectivity index (χ0) is 11.0. The van der Waals surface area contributed by atoms with Gasteiger partial charge in [0.15, 0.2) is 0 Å². The summed E-state index contributed by atoms with van der Waals surface area (Å²) in [5, 5.41) is 12.2. The molecule has 0 bridgehead atoms. The summed E-state index contributed by atoms with van der Waals surface area (Å²) in [6.45, 7) is 1.87. The van der Waals surface area contributed by atoms with Gasteiger partial charge >= 0.3 is 0 Å². The largest absolute Gasteiger partial charge is 0.384 e. The van der Waals surface area contributed by atoms with Crippen molar-refractivity contribution in [2.45, 2.75) is 19.5 Å². The molecule has 0 aromatic heterocycles. The highest BCUT2D eigenvalue weighted by Gasteiger charge is 2.22. The fraction of sp³-hybridized carbons (Fsp3) is 0.273. The van der Waals surface area contributed by atoms with E-state index in [-0.39, 0.29) is 5.70 Å². The fourth-order valence-corrected chi connectivity index (χ4v) is 1.62. The number of hydrogen-bond donors (Lipinski definition) is 2. The average Bonchev–Trinajstić information content (AvgIpc) is 2.16. The van der Waals surface area contributed by atoms with Crippen molar-refractivity contribution in [3.05, 3.63) is 41.1 Å². The minimum Gasteiger partial charge on any atom is -0.384 e. The molecule has 0 spiro atoms. The molecule has 0 fully saturated rings. The molecule has 2 N–H and O–H groups in total. The Balaban J connectivity index is 2.41. The standard InChI is InChI=1S/C11H11F2NO/c1-6-2-3-7-8(4-6)14-9(11(12)13)5-10(7)15/h2-5,10-11,14-15H,1H3. The van der Waals surface area contributed by atoms with Gasteiger partial charge in [-0.25, -0.2) is 8.78 Å². The molecule has 1 heterocycles. The Morgan fingerprint density at radius 1 is 1.40 bits per heavy atom. The van der Waals surface area contributed by atoms with E-state index in [1.807, 2.05) is 13.0 Å². The molecular formula is C11H11F2NO. The van der Waals surface area contributed by atoms with Gasteiger partial charge in [-0.1, -0.05) is 12.1 Å². The Hall–Kier alpha value is -1.42. The van der Waals surface area contributed by atoms with E-state index in [4.69, 9.17) is 0 Å².